The van der Waals surface area contributed by atoms with Crippen LogP contribution in [0, 0.1) is 5.92 Å². The number of aliphatic imine (C=N–C) groups is 1. The van der Waals surface area contributed by atoms with E-state index in [1.54, 1.807) is 6.20 Å². The summed E-state index contributed by atoms with van der Waals surface area (Å²) in [4.78, 5) is 4.43. The van der Waals surface area contributed by atoms with Crippen molar-refractivity contribution in [3.63, 3.8) is 0 Å². The van der Waals surface area contributed by atoms with Crippen molar-refractivity contribution in [3.05, 3.63) is 35.2 Å². The molecule has 27 heavy (non-hydrogen) atoms. The molecule has 0 heterocycles. The molecule has 0 aliphatic heterocycles. The molecule has 2 heteroatoms. The van der Waals surface area contributed by atoms with Gasteiger partial charge in [0, 0.05) is 23.2 Å². The van der Waals surface area contributed by atoms with Gasteiger partial charge in [-0.2, -0.15) is 0 Å². The molecule has 0 amide bonds. The van der Waals surface area contributed by atoms with Gasteiger partial charge in [0.1, 0.15) is 0 Å². The summed E-state index contributed by atoms with van der Waals surface area (Å²) in [5.41, 5.74) is 12.8. The number of nitrogens with two attached hydrogens (primary N) is 1. The number of hydrogen-bond acceptors (Lipinski definition) is 2. The molecule has 1 aliphatic carbocycles. The first-order valence-electron chi connectivity index (χ1n) is 11.4. The molecule has 1 aliphatic rings. The van der Waals surface area contributed by atoms with Gasteiger partial charge in [-0.15, -0.1) is 0 Å². The van der Waals surface area contributed by atoms with Gasteiger partial charge in [0.15, 0.2) is 0 Å². The third kappa shape index (κ3) is 10.6. The van der Waals surface area contributed by atoms with E-state index in [0.29, 0.717) is 0 Å². The lowest BCUT2D eigenvalue weighted by Gasteiger charge is -2.18. The van der Waals surface area contributed by atoms with Crippen molar-refractivity contribution in [2.45, 2.75) is 113 Å². The van der Waals surface area contributed by atoms with Gasteiger partial charge >= 0.3 is 0 Å². The third-order valence-corrected chi connectivity index (χ3v) is 4.98. The SMILES string of the molecule is C=CN=C(C)/C(C1=C(C)CCC1)=C(\N)CCC(CCC)CCC.CC.CC. The normalized spacial score (nSPS) is 14.9. The Labute approximate surface area is 171 Å². The van der Waals surface area contributed by atoms with E-state index in [-0.39, 0.29) is 0 Å². The highest BCUT2D eigenvalue weighted by molar-refractivity contribution is 6.03. The predicted octanol–water partition coefficient (Wildman–Crippen LogP) is 8.35. The molecular formula is C25H48N2. The number of hydrogen-bond donors (Lipinski definition) is 1. The van der Waals surface area contributed by atoms with Crippen LogP contribution in [0.5, 0.6) is 0 Å². The highest BCUT2D eigenvalue weighted by Crippen LogP contribution is 2.34. The zero-order chi connectivity index (χ0) is 21.2. The number of rotatable bonds is 10. The largest absolute Gasteiger partial charge is 0.401 e. The summed E-state index contributed by atoms with van der Waals surface area (Å²) in [5.74, 6) is 0.806. The summed E-state index contributed by atoms with van der Waals surface area (Å²) >= 11 is 0. The zero-order valence-electron chi connectivity index (χ0n) is 19.8. The van der Waals surface area contributed by atoms with Gasteiger partial charge in [-0.25, -0.2) is 0 Å². The van der Waals surface area contributed by atoms with E-state index in [1.165, 1.54) is 61.7 Å². The minimum Gasteiger partial charge on any atom is -0.401 e. The van der Waals surface area contributed by atoms with Gasteiger partial charge in [-0.05, 0) is 57.4 Å². The van der Waals surface area contributed by atoms with Crippen LogP contribution in [-0.2, 0) is 0 Å². The molecule has 0 spiro atoms. The van der Waals surface area contributed by atoms with E-state index in [4.69, 9.17) is 5.73 Å². The molecule has 2 nitrogen and oxygen atoms in total. The summed E-state index contributed by atoms with van der Waals surface area (Å²) in [6.45, 7) is 20.6. The van der Waals surface area contributed by atoms with Crippen LogP contribution in [0.15, 0.2) is 40.2 Å². The van der Waals surface area contributed by atoms with Gasteiger partial charge in [0.25, 0.3) is 0 Å². The van der Waals surface area contributed by atoms with Crippen LogP contribution in [-0.4, -0.2) is 5.71 Å². The summed E-state index contributed by atoms with van der Waals surface area (Å²) < 4.78 is 0. The summed E-state index contributed by atoms with van der Waals surface area (Å²) in [7, 11) is 0. The van der Waals surface area contributed by atoms with Crippen LogP contribution in [0.4, 0.5) is 0 Å². The van der Waals surface area contributed by atoms with Crippen LogP contribution < -0.4 is 5.73 Å². The van der Waals surface area contributed by atoms with Crippen molar-refractivity contribution in [2.24, 2.45) is 16.6 Å². The topological polar surface area (TPSA) is 38.4 Å². The Morgan fingerprint density at radius 2 is 1.63 bits per heavy atom. The zero-order valence-corrected chi connectivity index (χ0v) is 19.8. The Kier molecular flexibility index (Phi) is 18.7. The maximum Gasteiger partial charge on any atom is 0.0464 e. The standard InChI is InChI=1S/C21H36N2.2C2H6/c1-6-10-18(11-7-2)14-15-20(22)21(17(5)23-8-3)19-13-9-12-16(19)4;2*1-2/h8,18H,3,6-7,9-15,22H2,1-2,4-5H3;2*1-2H3/b21-20+,23-17?;;. The second-order valence-electron chi connectivity index (χ2n) is 6.89. The minimum atomic E-state index is 0.806. The molecule has 0 aromatic rings. The highest BCUT2D eigenvalue weighted by atomic mass is 14.7. The van der Waals surface area contributed by atoms with E-state index in [0.717, 1.165) is 30.2 Å². The van der Waals surface area contributed by atoms with E-state index in [1.807, 2.05) is 27.7 Å². The predicted molar refractivity (Wildman–Crippen MR) is 126 cm³/mol. The fraction of sp³-hybridized carbons (Fsp3) is 0.720. The second-order valence-corrected chi connectivity index (χ2v) is 6.89. The Morgan fingerprint density at radius 1 is 1.07 bits per heavy atom. The Bertz CT molecular complexity index is 475. The fourth-order valence-electron chi connectivity index (χ4n) is 3.81. The molecule has 0 unspecified atom stereocenters. The van der Waals surface area contributed by atoms with E-state index >= 15 is 0 Å². The van der Waals surface area contributed by atoms with E-state index in [9.17, 15) is 0 Å². The van der Waals surface area contributed by atoms with Crippen LogP contribution in [0.3, 0.4) is 0 Å². The molecule has 0 atom stereocenters. The van der Waals surface area contributed by atoms with Gasteiger partial charge in [-0.3, -0.25) is 4.99 Å². The van der Waals surface area contributed by atoms with Gasteiger partial charge in [0.05, 0.1) is 0 Å². The molecule has 1 rings (SSSR count). The molecule has 0 aromatic heterocycles. The molecule has 0 radical (unpaired) electrons. The first-order valence-corrected chi connectivity index (χ1v) is 11.4. The van der Waals surface area contributed by atoms with Crippen molar-refractivity contribution < 1.29 is 0 Å². The Morgan fingerprint density at radius 3 is 2.04 bits per heavy atom. The van der Waals surface area contributed by atoms with Gasteiger partial charge in [-0.1, -0.05) is 79.4 Å². The van der Waals surface area contributed by atoms with E-state index < -0.39 is 0 Å². The average molecular weight is 377 g/mol. The van der Waals surface area contributed by atoms with Crippen molar-refractivity contribution in [1.29, 1.82) is 0 Å². The Hall–Kier alpha value is -1.31. The number of nitrogens with zero attached hydrogens (tertiary/aromatic N) is 1. The maximum atomic E-state index is 6.56. The van der Waals surface area contributed by atoms with Gasteiger partial charge in [0.2, 0.25) is 0 Å². The summed E-state index contributed by atoms with van der Waals surface area (Å²) in [6, 6.07) is 0. The molecule has 0 saturated heterocycles. The monoisotopic (exact) mass is 376 g/mol. The summed E-state index contributed by atoms with van der Waals surface area (Å²) in [5, 5.41) is 0. The van der Waals surface area contributed by atoms with E-state index in [2.05, 4.69) is 39.3 Å². The van der Waals surface area contributed by atoms with Crippen molar-refractivity contribution in [1.82, 2.24) is 0 Å². The fourth-order valence-corrected chi connectivity index (χ4v) is 3.81. The van der Waals surface area contributed by atoms with Crippen molar-refractivity contribution in [2.75, 3.05) is 0 Å². The maximum absolute atomic E-state index is 6.56. The molecule has 0 fully saturated rings. The second kappa shape index (κ2) is 18.1. The Balaban J connectivity index is 0. The van der Waals surface area contributed by atoms with Crippen LogP contribution >= 0.6 is 0 Å². The minimum absolute atomic E-state index is 0.806. The average Bonchev–Trinajstić information content (AvgIpc) is 3.09. The van der Waals surface area contributed by atoms with Gasteiger partial charge < -0.3 is 5.73 Å². The molecule has 0 aromatic carbocycles. The van der Waals surface area contributed by atoms with Crippen LogP contribution in [0.1, 0.15) is 113 Å². The van der Waals surface area contributed by atoms with Crippen molar-refractivity contribution >= 4 is 5.71 Å². The molecule has 0 saturated carbocycles. The first-order chi connectivity index (χ1) is 13.0. The lowest BCUT2D eigenvalue weighted by atomic mass is 9.89. The van der Waals surface area contributed by atoms with Crippen molar-refractivity contribution in [3.8, 4) is 0 Å². The lowest BCUT2D eigenvalue weighted by molar-refractivity contribution is 0.410. The molecule has 158 valence electrons. The van der Waals surface area contributed by atoms with Crippen LogP contribution in [0.2, 0.25) is 0 Å². The lowest BCUT2D eigenvalue weighted by Crippen LogP contribution is -2.13. The highest BCUT2D eigenvalue weighted by Gasteiger charge is 2.20. The molecule has 0 bridgehead atoms. The third-order valence-electron chi connectivity index (χ3n) is 4.98. The van der Waals surface area contributed by atoms with Crippen LogP contribution in [0.25, 0.3) is 0 Å². The number of allylic oxidation sites excluding steroid dienone is 4. The quantitative estimate of drug-likeness (QED) is 0.382. The first kappa shape index (κ1) is 27.9. The summed E-state index contributed by atoms with van der Waals surface area (Å²) in [6.07, 6.45) is 12.6. The molecule has 2 N–H and O–H groups in total. The molecular weight excluding hydrogens is 328 g/mol. The smallest absolute Gasteiger partial charge is 0.0464 e.